The van der Waals surface area contributed by atoms with Crippen LogP contribution in [0, 0.1) is 0 Å². The number of carbonyl (C=O) groups is 2. The number of unbranched alkanes of at least 4 members (excludes halogenated alkanes) is 2. The Labute approximate surface area is 173 Å². The van der Waals surface area contributed by atoms with Crippen LogP contribution < -0.4 is 10.6 Å². The van der Waals surface area contributed by atoms with E-state index in [1.807, 2.05) is 12.1 Å². The van der Waals surface area contributed by atoms with Crippen LogP contribution in [0.4, 0.5) is 5.69 Å². The zero-order valence-electron chi connectivity index (χ0n) is 17.0. The highest BCUT2D eigenvalue weighted by Crippen LogP contribution is 2.17. The molecule has 2 N–H and O–H groups in total. The predicted octanol–water partition coefficient (Wildman–Crippen LogP) is 3.56. The second-order valence-electron chi connectivity index (χ2n) is 6.99. The van der Waals surface area contributed by atoms with Gasteiger partial charge in [-0.15, -0.1) is 0 Å². The molecule has 1 aromatic carbocycles. The molecule has 1 heterocycles. The third-order valence-electron chi connectivity index (χ3n) is 4.50. The number of hydrogen-bond acceptors (Lipinski definition) is 4. The summed E-state index contributed by atoms with van der Waals surface area (Å²) in [6, 6.07) is 7.32. The molecule has 0 aromatic heterocycles. The summed E-state index contributed by atoms with van der Waals surface area (Å²) in [4.78, 5) is 27.9. The Morgan fingerprint density at radius 2 is 1.79 bits per heavy atom. The van der Waals surface area contributed by atoms with E-state index in [-0.39, 0.29) is 11.8 Å². The molecule has 0 unspecified atom stereocenters. The van der Waals surface area contributed by atoms with Crippen LogP contribution in [0.2, 0.25) is 0 Å². The fraction of sp³-hybridized carbons (Fsp3) is 0.476. The fourth-order valence-corrected chi connectivity index (χ4v) is 3.20. The van der Waals surface area contributed by atoms with E-state index in [9.17, 15) is 9.59 Å². The maximum atomic E-state index is 12.8. The Morgan fingerprint density at radius 1 is 1.18 bits per heavy atom. The van der Waals surface area contributed by atoms with Gasteiger partial charge in [0.2, 0.25) is 5.91 Å². The molecule has 2 rings (SSSR count). The molecule has 0 saturated carbocycles. The highest BCUT2D eigenvalue weighted by Gasteiger charge is 2.31. The van der Waals surface area contributed by atoms with Crippen molar-refractivity contribution in [1.82, 2.24) is 15.1 Å². The molecular weight excluding hydrogens is 372 g/mol. The minimum absolute atomic E-state index is 0.103. The third kappa shape index (κ3) is 6.42. The lowest BCUT2D eigenvalue weighted by atomic mass is 10.1. The Bertz CT molecular complexity index is 722. The number of anilines is 1. The minimum Gasteiger partial charge on any atom is -0.328 e. The van der Waals surface area contributed by atoms with E-state index in [1.165, 1.54) is 6.92 Å². The number of hydrogen-bond donors (Lipinski definition) is 2. The fourth-order valence-electron chi connectivity index (χ4n) is 2.95. The van der Waals surface area contributed by atoms with E-state index in [0.717, 1.165) is 50.0 Å². The first-order valence-corrected chi connectivity index (χ1v) is 10.3. The molecule has 0 aliphatic carbocycles. The van der Waals surface area contributed by atoms with Crippen molar-refractivity contribution in [3.05, 3.63) is 35.5 Å². The van der Waals surface area contributed by atoms with Crippen LogP contribution in [0.25, 0.3) is 6.08 Å². The summed E-state index contributed by atoms with van der Waals surface area (Å²) in [5, 5.41) is 6.21. The lowest BCUT2D eigenvalue weighted by Gasteiger charge is -2.26. The van der Waals surface area contributed by atoms with E-state index >= 15 is 0 Å². The molecule has 0 spiro atoms. The van der Waals surface area contributed by atoms with E-state index in [1.54, 1.807) is 23.1 Å². The molecule has 1 fully saturated rings. The smallest absolute Gasteiger partial charge is 0.277 e. The summed E-state index contributed by atoms with van der Waals surface area (Å²) in [5.41, 5.74) is 2.06. The SMILES string of the molecule is CCCCN(CCCC)CN1C(=O)/C(=C/c2ccc(NC(C)=O)cc2)NC1=S. The minimum atomic E-state index is -0.115. The molecular formula is C21H30N4O2S. The first kappa shape index (κ1) is 22.0. The number of thiocarbonyl (C=S) groups is 1. The van der Waals surface area contributed by atoms with Crippen LogP contribution >= 0.6 is 12.2 Å². The van der Waals surface area contributed by atoms with Crippen LogP contribution in [0.15, 0.2) is 30.0 Å². The lowest BCUT2D eigenvalue weighted by molar-refractivity contribution is -0.123. The molecule has 6 nitrogen and oxygen atoms in total. The average Bonchev–Trinajstić information content (AvgIpc) is 2.92. The number of carbonyl (C=O) groups excluding carboxylic acids is 2. The molecule has 0 atom stereocenters. The predicted molar refractivity (Wildman–Crippen MR) is 118 cm³/mol. The molecule has 0 radical (unpaired) electrons. The third-order valence-corrected chi connectivity index (χ3v) is 4.82. The molecule has 1 saturated heterocycles. The zero-order valence-corrected chi connectivity index (χ0v) is 17.8. The van der Waals surface area contributed by atoms with Gasteiger partial charge in [-0.2, -0.15) is 0 Å². The number of nitrogens with zero attached hydrogens (tertiary/aromatic N) is 2. The highest BCUT2D eigenvalue weighted by atomic mass is 32.1. The van der Waals surface area contributed by atoms with Crippen molar-refractivity contribution in [3.8, 4) is 0 Å². The van der Waals surface area contributed by atoms with Crippen molar-refractivity contribution in [2.45, 2.75) is 46.5 Å². The molecule has 0 bridgehead atoms. The Morgan fingerprint density at radius 3 is 2.32 bits per heavy atom. The second-order valence-corrected chi connectivity index (χ2v) is 7.38. The van der Waals surface area contributed by atoms with Crippen molar-refractivity contribution in [1.29, 1.82) is 0 Å². The number of benzene rings is 1. The molecule has 2 amide bonds. The lowest BCUT2D eigenvalue weighted by Crippen LogP contribution is -2.42. The summed E-state index contributed by atoms with van der Waals surface area (Å²) in [7, 11) is 0. The van der Waals surface area contributed by atoms with E-state index in [0.29, 0.717) is 17.5 Å². The molecule has 152 valence electrons. The van der Waals surface area contributed by atoms with Gasteiger partial charge in [-0.05, 0) is 61.9 Å². The van der Waals surface area contributed by atoms with Gasteiger partial charge < -0.3 is 10.6 Å². The van der Waals surface area contributed by atoms with Gasteiger partial charge in [0.1, 0.15) is 5.70 Å². The Balaban J connectivity index is 2.06. The van der Waals surface area contributed by atoms with Crippen molar-refractivity contribution in [2.24, 2.45) is 0 Å². The monoisotopic (exact) mass is 402 g/mol. The van der Waals surface area contributed by atoms with Crippen LogP contribution in [-0.2, 0) is 9.59 Å². The van der Waals surface area contributed by atoms with Gasteiger partial charge in [-0.25, -0.2) is 0 Å². The van der Waals surface area contributed by atoms with Gasteiger partial charge in [0.15, 0.2) is 5.11 Å². The van der Waals surface area contributed by atoms with E-state index < -0.39 is 0 Å². The average molecular weight is 403 g/mol. The molecule has 28 heavy (non-hydrogen) atoms. The van der Waals surface area contributed by atoms with Crippen molar-refractivity contribution in [3.63, 3.8) is 0 Å². The van der Waals surface area contributed by atoms with Gasteiger partial charge in [0.05, 0.1) is 6.67 Å². The topological polar surface area (TPSA) is 64.7 Å². The molecule has 1 aliphatic rings. The van der Waals surface area contributed by atoms with Gasteiger partial charge in [0, 0.05) is 12.6 Å². The van der Waals surface area contributed by atoms with E-state index in [4.69, 9.17) is 12.2 Å². The highest BCUT2D eigenvalue weighted by molar-refractivity contribution is 7.80. The van der Waals surface area contributed by atoms with Crippen LogP contribution in [0.3, 0.4) is 0 Å². The van der Waals surface area contributed by atoms with Gasteiger partial charge in [-0.3, -0.25) is 19.4 Å². The second kappa shape index (κ2) is 10.9. The van der Waals surface area contributed by atoms with Crippen LogP contribution in [0.5, 0.6) is 0 Å². The maximum Gasteiger partial charge on any atom is 0.277 e. The Hall–Kier alpha value is -2.25. The van der Waals surface area contributed by atoms with Crippen molar-refractivity contribution >= 4 is 40.9 Å². The number of amides is 2. The first-order chi connectivity index (χ1) is 13.4. The summed E-state index contributed by atoms with van der Waals surface area (Å²) in [6.07, 6.45) is 6.25. The summed E-state index contributed by atoms with van der Waals surface area (Å²) < 4.78 is 0. The number of nitrogens with one attached hydrogen (secondary N) is 2. The number of rotatable bonds is 10. The summed E-state index contributed by atoms with van der Waals surface area (Å²) >= 11 is 5.40. The van der Waals surface area contributed by atoms with Crippen LogP contribution in [0.1, 0.15) is 52.0 Å². The molecule has 1 aliphatic heterocycles. The van der Waals surface area contributed by atoms with Gasteiger partial charge in [0.25, 0.3) is 5.91 Å². The standard InChI is InChI=1S/C21H30N4O2S/c1-4-6-12-24(13-7-5-2)15-25-20(27)19(23-21(25)28)14-17-8-10-18(11-9-17)22-16(3)26/h8-11,14H,4-7,12-13,15H2,1-3H3,(H,22,26)(H,23,28)/b19-14-. The normalized spacial score (nSPS) is 15.4. The Kier molecular flexibility index (Phi) is 8.60. The quantitative estimate of drug-likeness (QED) is 0.463. The molecule has 7 heteroatoms. The maximum absolute atomic E-state index is 12.8. The van der Waals surface area contributed by atoms with Crippen molar-refractivity contribution in [2.75, 3.05) is 25.1 Å². The zero-order chi connectivity index (χ0) is 20.5. The summed E-state index contributed by atoms with van der Waals surface area (Å²) in [6.45, 7) is 8.26. The first-order valence-electron chi connectivity index (χ1n) is 9.89. The van der Waals surface area contributed by atoms with Crippen molar-refractivity contribution < 1.29 is 9.59 Å². The van der Waals surface area contributed by atoms with Crippen LogP contribution in [-0.4, -0.2) is 46.5 Å². The van der Waals surface area contributed by atoms with Gasteiger partial charge in [-0.1, -0.05) is 38.8 Å². The van der Waals surface area contributed by atoms with Gasteiger partial charge >= 0.3 is 0 Å². The molecule has 1 aromatic rings. The summed E-state index contributed by atoms with van der Waals surface area (Å²) in [5.74, 6) is -0.218. The largest absolute Gasteiger partial charge is 0.328 e. The van der Waals surface area contributed by atoms with E-state index in [2.05, 4.69) is 29.4 Å².